The van der Waals surface area contributed by atoms with Crippen LogP contribution in [0.15, 0.2) is 66.7 Å². The molecule has 6 rings (SSSR count). The molecule has 0 atom stereocenters. The molecule has 1 aromatic heterocycles. The zero-order valence-corrected chi connectivity index (χ0v) is 24.7. The molecule has 1 fully saturated rings. The number of amides is 2. The highest BCUT2D eigenvalue weighted by atomic mass is 16.5. The summed E-state index contributed by atoms with van der Waals surface area (Å²) in [4.78, 5) is 32.7. The van der Waals surface area contributed by atoms with Crippen molar-refractivity contribution in [3.05, 3.63) is 89.0 Å². The number of nitrogens with zero attached hydrogens (tertiary/aromatic N) is 4. The number of carbonyl (C=O) groups is 2. The Bertz CT molecular complexity index is 1610. The average molecular weight is 581 g/mol. The van der Waals surface area contributed by atoms with Crippen LogP contribution in [-0.4, -0.2) is 85.8 Å². The number of fused-ring (bicyclic) bond motifs is 1. The second-order valence-corrected chi connectivity index (χ2v) is 11.0. The van der Waals surface area contributed by atoms with Gasteiger partial charge in [0.25, 0.3) is 11.8 Å². The fraction of sp³-hybridized carbons (Fsp3) is 0.303. The number of ether oxygens (including phenoxy) is 2. The van der Waals surface area contributed by atoms with Gasteiger partial charge in [-0.1, -0.05) is 12.1 Å². The molecule has 0 bridgehead atoms. The van der Waals surface area contributed by atoms with Crippen LogP contribution in [-0.2, 0) is 13.0 Å². The number of H-pyrrole nitrogens is 1. The molecule has 0 saturated carbocycles. The highest BCUT2D eigenvalue weighted by Gasteiger charge is 2.24. The molecule has 0 spiro atoms. The number of methoxy groups -OCH3 is 2. The highest BCUT2D eigenvalue weighted by molar-refractivity contribution is 6.04. The lowest BCUT2D eigenvalue weighted by Crippen LogP contribution is -2.44. The van der Waals surface area contributed by atoms with Crippen LogP contribution >= 0.6 is 0 Å². The van der Waals surface area contributed by atoms with Crippen molar-refractivity contribution in [2.24, 2.45) is 0 Å². The summed E-state index contributed by atoms with van der Waals surface area (Å²) in [5.74, 6) is 1.55. The number of benzene rings is 3. The zero-order valence-electron chi connectivity index (χ0n) is 24.7. The van der Waals surface area contributed by atoms with E-state index in [4.69, 9.17) is 9.47 Å². The number of anilines is 2. The summed E-state index contributed by atoms with van der Waals surface area (Å²) in [6.45, 7) is 5.16. The molecule has 3 heterocycles. The number of piperazine rings is 1. The Morgan fingerprint density at radius 2 is 1.47 bits per heavy atom. The summed E-state index contributed by atoms with van der Waals surface area (Å²) in [5, 5.41) is 10.1. The molecule has 1 saturated heterocycles. The second-order valence-electron chi connectivity index (χ2n) is 11.0. The van der Waals surface area contributed by atoms with Crippen molar-refractivity contribution >= 4 is 23.3 Å². The lowest BCUT2D eigenvalue weighted by Gasteiger charge is -2.34. The van der Waals surface area contributed by atoms with Gasteiger partial charge in [0.1, 0.15) is 0 Å². The smallest absolute Gasteiger partial charge is 0.256 e. The SMILES string of the molecule is COc1cc2c(cc1OC)CN(C(=O)c1ccc(-c3cc(NC(=O)c4ccc(N5CCN(C)CC5)cc4)n[nH]3)cc1)CC2. The molecule has 2 N–H and O–H groups in total. The maximum Gasteiger partial charge on any atom is 0.256 e. The van der Waals surface area contributed by atoms with Gasteiger partial charge in [0.15, 0.2) is 17.3 Å². The van der Waals surface area contributed by atoms with Crippen LogP contribution < -0.4 is 19.7 Å². The van der Waals surface area contributed by atoms with Gasteiger partial charge in [-0.05, 0) is 78.7 Å². The van der Waals surface area contributed by atoms with Crippen molar-refractivity contribution in [1.29, 1.82) is 0 Å². The van der Waals surface area contributed by atoms with Crippen LogP contribution in [0.5, 0.6) is 11.5 Å². The van der Waals surface area contributed by atoms with Crippen LogP contribution in [0.4, 0.5) is 11.5 Å². The van der Waals surface area contributed by atoms with E-state index in [-0.39, 0.29) is 11.8 Å². The van der Waals surface area contributed by atoms with Gasteiger partial charge in [-0.2, -0.15) is 5.10 Å². The third kappa shape index (κ3) is 6.05. The largest absolute Gasteiger partial charge is 0.493 e. The number of aromatic amines is 1. The summed E-state index contributed by atoms with van der Waals surface area (Å²) in [7, 11) is 5.37. The van der Waals surface area contributed by atoms with Gasteiger partial charge in [-0.3, -0.25) is 14.7 Å². The van der Waals surface area contributed by atoms with E-state index in [0.717, 1.165) is 55.1 Å². The fourth-order valence-corrected chi connectivity index (χ4v) is 5.64. The lowest BCUT2D eigenvalue weighted by molar-refractivity contribution is 0.0734. The molecule has 3 aromatic carbocycles. The molecule has 10 nitrogen and oxygen atoms in total. The molecule has 2 aliphatic heterocycles. The van der Waals surface area contributed by atoms with Gasteiger partial charge in [-0.15, -0.1) is 0 Å². The van der Waals surface area contributed by atoms with Crippen molar-refractivity contribution in [3.8, 4) is 22.8 Å². The van der Waals surface area contributed by atoms with Gasteiger partial charge in [-0.25, -0.2) is 0 Å². The Balaban J connectivity index is 1.07. The Hall–Kier alpha value is -4.83. The first-order valence-electron chi connectivity index (χ1n) is 14.5. The summed E-state index contributed by atoms with van der Waals surface area (Å²) in [6, 6.07) is 20.8. The second kappa shape index (κ2) is 12.2. The first kappa shape index (κ1) is 28.3. The standard InChI is InChI=1S/C33H36N6O4/c1-37-14-16-38(17-15-37)27-10-8-23(9-11-27)32(40)34-31-20-28(35-36-31)22-4-6-24(7-5-22)33(41)39-13-12-25-18-29(42-2)30(43-3)19-26(25)21-39/h4-11,18-20H,12-17,21H2,1-3H3,(H2,34,35,36,40). The molecular weight excluding hydrogens is 544 g/mol. The molecule has 10 heteroatoms. The van der Waals surface area contributed by atoms with Gasteiger partial charge >= 0.3 is 0 Å². The summed E-state index contributed by atoms with van der Waals surface area (Å²) >= 11 is 0. The Morgan fingerprint density at radius 3 is 2.14 bits per heavy atom. The molecule has 4 aromatic rings. The number of aromatic nitrogens is 2. The first-order chi connectivity index (χ1) is 20.9. The van der Waals surface area contributed by atoms with Crippen molar-refractivity contribution in [1.82, 2.24) is 20.0 Å². The van der Waals surface area contributed by atoms with E-state index in [2.05, 4.69) is 32.4 Å². The third-order valence-corrected chi connectivity index (χ3v) is 8.27. The number of rotatable bonds is 7. The summed E-state index contributed by atoms with van der Waals surface area (Å²) in [5.41, 5.74) is 6.15. The van der Waals surface area contributed by atoms with Crippen molar-refractivity contribution in [2.45, 2.75) is 13.0 Å². The summed E-state index contributed by atoms with van der Waals surface area (Å²) in [6.07, 6.45) is 0.753. The van der Waals surface area contributed by atoms with Gasteiger partial charge in [0.05, 0.1) is 19.9 Å². The number of hydrogen-bond acceptors (Lipinski definition) is 7. The molecular formula is C33H36N6O4. The Morgan fingerprint density at radius 1 is 0.814 bits per heavy atom. The zero-order chi connectivity index (χ0) is 29.9. The topological polar surface area (TPSA) is 103 Å². The van der Waals surface area contributed by atoms with E-state index in [0.29, 0.717) is 41.5 Å². The molecule has 2 amide bonds. The van der Waals surface area contributed by atoms with E-state index in [1.807, 2.05) is 65.6 Å². The molecule has 0 unspecified atom stereocenters. The predicted octanol–water partition coefficient (Wildman–Crippen LogP) is 4.30. The minimum atomic E-state index is -0.219. The number of nitrogens with one attached hydrogen (secondary N) is 2. The van der Waals surface area contributed by atoms with Crippen molar-refractivity contribution in [2.75, 3.05) is 64.2 Å². The van der Waals surface area contributed by atoms with Crippen LogP contribution in [0.3, 0.4) is 0 Å². The van der Waals surface area contributed by atoms with Gasteiger partial charge < -0.3 is 29.5 Å². The quantitative estimate of drug-likeness (QED) is 0.336. The molecule has 2 aliphatic rings. The highest BCUT2D eigenvalue weighted by Crippen LogP contribution is 2.33. The van der Waals surface area contributed by atoms with Crippen molar-refractivity contribution in [3.63, 3.8) is 0 Å². The number of likely N-dealkylation sites (N-methyl/N-ethyl adjacent to an activating group) is 1. The fourth-order valence-electron chi connectivity index (χ4n) is 5.64. The van der Waals surface area contributed by atoms with E-state index < -0.39 is 0 Å². The van der Waals surface area contributed by atoms with Crippen molar-refractivity contribution < 1.29 is 19.1 Å². The van der Waals surface area contributed by atoms with Gasteiger partial charge in [0, 0.05) is 62.1 Å². The van der Waals surface area contributed by atoms with Crippen LogP contribution in [0.25, 0.3) is 11.3 Å². The molecule has 222 valence electrons. The van der Waals surface area contributed by atoms with E-state index in [9.17, 15) is 9.59 Å². The maximum absolute atomic E-state index is 13.3. The average Bonchev–Trinajstić information content (AvgIpc) is 3.52. The maximum atomic E-state index is 13.3. The number of hydrogen-bond donors (Lipinski definition) is 2. The Kier molecular flexibility index (Phi) is 8.02. The minimum Gasteiger partial charge on any atom is -0.493 e. The number of carbonyl (C=O) groups excluding carboxylic acids is 2. The van der Waals surface area contributed by atoms with Crippen LogP contribution in [0.1, 0.15) is 31.8 Å². The van der Waals surface area contributed by atoms with E-state index in [1.54, 1.807) is 20.3 Å². The molecule has 0 aliphatic carbocycles. The third-order valence-electron chi connectivity index (χ3n) is 8.27. The first-order valence-corrected chi connectivity index (χ1v) is 14.5. The monoisotopic (exact) mass is 580 g/mol. The normalized spacial score (nSPS) is 15.1. The van der Waals surface area contributed by atoms with Crippen LogP contribution in [0.2, 0.25) is 0 Å². The predicted molar refractivity (Wildman–Crippen MR) is 166 cm³/mol. The lowest BCUT2D eigenvalue weighted by atomic mass is 9.98. The minimum absolute atomic E-state index is 0.0248. The Labute approximate surface area is 251 Å². The summed E-state index contributed by atoms with van der Waals surface area (Å²) < 4.78 is 10.9. The molecule has 0 radical (unpaired) electrons. The molecule has 43 heavy (non-hydrogen) atoms. The van der Waals surface area contributed by atoms with E-state index >= 15 is 0 Å². The van der Waals surface area contributed by atoms with Gasteiger partial charge in [0.2, 0.25) is 0 Å². The van der Waals surface area contributed by atoms with E-state index in [1.165, 1.54) is 5.56 Å². The van der Waals surface area contributed by atoms with Crippen LogP contribution in [0, 0.1) is 0 Å².